The van der Waals surface area contributed by atoms with Crippen molar-refractivity contribution in [2.75, 3.05) is 5.73 Å². The zero-order chi connectivity index (χ0) is 17.4. The minimum Gasteiger partial charge on any atom is -0.383 e. The highest BCUT2D eigenvalue weighted by molar-refractivity contribution is 9.10. The molecule has 0 aliphatic carbocycles. The molecule has 0 bridgehead atoms. The van der Waals surface area contributed by atoms with Crippen LogP contribution < -0.4 is 5.73 Å². The largest absolute Gasteiger partial charge is 0.383 e. The van der Waals surface area contributed by atoms with Crippen LogP contribution >= 0.6 is 15.9 Å². The molecule has 8 heteroatoms. The fourth-order valence-corrected chi connectivity index (χ4v) is 2.83. The highest BCUT2D eigenvalue weighted by atomic mass is 79.9. The van der Waals surface area contributed by atoms with Crippen molar-refractivity contribution >= 4 is 38.3 Å². The number of benzene rings is 2. The Hall–Kier alpha value is -3.05. The number of nitro benzene ring substituents is 1. The quantitative estimate of drug-likeness (QED) is 0.525. The normalized spacial score (nSPS) is 10.5. The van der Waals surface area contributed by atoms with Crippen LogP contribution in [0.25, 0.3) is 22.0 Å². The number of fused-ring (bicyclic) bond motifs is 1. The lowest BCUT2D eigenvalue weighted by Gasteiger charge is -2.11. The summed E-state index contributed by atoms with van der Waals surface area (Å²) in [6, 6.07) is 10.3. The fourth-order valence-electron chi connectivity index (χ4n) is 2.45. The zero-order valence-electron chi connectivity index (χ0n) is 12.0. The summed E-state index contributed by atoms with van der Waals surface area (Å²) in [5.74, 6) is -0.455. The molecule has 0 aliphatic rings. The molecule has 0 fully saturated rings. The number of nitrogens with zero attached hydrogens (tertiary/aromatic N) is 3. The van der Waals surface area contributed by atoms with Gasteiger partial charge in [-0.3, -0.25) is 10.1 Å². The summed E-state index contributed by atoms with van der Waals surface area (Å²) in [7, 11) is 0. The van der Waals surface area contributed by atoms with E-state index in [1.54, 1.807) is 0 Å². The predicted octanol–water partition coefficient (Wildman–Crippen LogP) is 4.17. The van der Waals surface area contributed by atoms with Crippen molar-refractivity contribution in [2.45, 2.75) is 0 Å². The lowest BCUT2D eigenvalue weighted by atomic mass is 9.96. The number of hydrogen-bond acceptors (Lipinski definition) is 5. The van der Waals surface area contributed by atoms with E-state index in [2.05, 4.69) is 20.9 Å². The topological polar surface area (TPSA) is 106 Å². The van der Waals surface area contributed by atoms with Crippen molar-refractivity contribution in [3.8, 4) is 17.2 Å². The third kappa shape index (κ3) is 2.55. The maximum atomic E-state index is 13.5. The predicted molar refractivity (Wildman–Crippen MR) is 90.6 cm³/mol. The van der Waals surface area contributed by atoms with Crippen molar-refractivity contribution in [1.29, 1.82) is 5.26 Å². The van der Waals surface area contributed by atoms with Gasteiger partial charge in [-0.2, -0.15) is 5.26 Å². The fraction of sp³-hybridized carbons (Fsp3) is 0. The smallest absolute Gasteiger partial charge is 0.270 e. The molecule has 0 amide bonds. The molecule has 118 valence electrons. The number of hydrogen-bond donors (Lipinski definition) is 1. The van der Waals surface area contributed by atoms with Crippen LogP contribution in [0.15, 0.2) is 40.9 Å². The number of rotatable bonds is 2. The second kappa shape index (κ2) is 5.86. The first-order chi connectivity index (χ1) is 11.4. The molecular formula is C16H8BrFN4O2. The van der Waals surface area contributed by atoms with E-state index in [0.717, 1.165) is 0 Å². The van der Waals surface area contributed by atoms with Crippen LogP contribution in [0, 0.1) is 27.3 Å². The van der Waals surface area contributed by atoms with Crippen molar-refractivity contribution in [3.63, 3.8) is 0 Å². The van der Waals surface area contributed by atoms with Crippen LogP contribution in [-0.4, -0.2) is 9.91 Å². The number of pyridine rings is 1. The van der Waals surface area contributed by atoms with Gasteiger partial charge in [0.15, 0.2) is 0 Å². The van der Waals surface area contributed by atoms with E-state index in [-0.39, 0.29) is 21.5 Å². The Morgan fingerprint density at radius 3 is 2.67 bits per heavy atom. The standard InChI is InChI=1S/C16H8BrFN4O2/c17-12-5-8(1-3-13(12)18)15-10-6-9(22(23)24)2-4-14(10)21-16(20)11(15)7-19/h1-6H,(H2,20,21). The average molecular weight is 387 g/mol. The summed E-state index contributed by atoms with van der Waals surface area (Å²) in [6.07, 6.45) is 0. The van der Waals surface area contributed by atoms with E-state index in [1.165, 1.54) is 36.4 Å². The summed E-state index contributed by atoms with van der Waals surface area (Å²) in [6.45, 7) is 0. The third-order valence-corrected chi connectivity index (χ3v) is 4.14. The van der Waals surface area contributed by atoms with Crippen molar-refractivity contribution in [3.05, 3.63) is 62.4 Å². The van der Waals surface area contributed by atoms with Crippen molar-refractivity contribution in [2.24, 2.45) is 0 Å². The summed E-state index contributed by atoms with van der Waals surface area (Å²) in [5.41, 5.74) is 7.08. The van der Waals surface area contributed by atoms with E-state index in [1.807, 2.05) is 6.07 Å². The van der Waals surface area contributed by atoms with Gasteiger partial charge in [-0.05, 0) is 39.7 Å². The van der Waals surface area contributed by atoms with Crippen LogP contribution in [0.5, 0.6) is 0 Å². The number of non-ortho nitro benzene ring substituents is 1. The molecule has 0 atom stereocenters. The van der Waals surface area contributed by atoms with Gasteiger partial charge in [0.05, 0.1) is 14.9 Å². The number of halogens is 2. The number of aromatic nitrogens is 1. The summed E-state index contributed by atoms with van der Waals surface area (Å²) in [4.78, 5) is 14.6. The molecule has 0 aliphatic heterocycles. The monoisotopic (exact) mass is 386 g/mol. The summed E-state index contributed by atoms with van der Waals surface area (Å²) >= 11 is 3.10. The highest BCUT2D eigenvalue weighted by Crippen LogP contribution is 2.36. The second-order valence-electron chi connectivity index (χ2n) is 4.95. The van der Waals surface area contributed by atoms with E-state index in [0.29, 0.717) is 22.0 Å². The lowest BCUT2D eigenvalue weighted by Crippen LogP contribution is -2.00. The first-order valence-electron chi connectivity index (χ1n) is 6.65. The molecular weight excluding hydrogens is 379 g/mol. The Kier molecular flexibility index (Phi) is 3.87. The Bertz CT molecular complexity index is 1050. The van der Waals surface area contributed by atoms with E-state index < -0.39 is 10.7 Å². The first-order valence-corrected chi connectivity index (χ1v) is 7.45. The summed E-state index contributed by atoms with van der Waals surface area (Å²) < 4.78 is 13.7. The Balaban J connectivity index is 2.46. The molecule has 2 aromatic carbocycles. The van der Waals surface area contributed by atoms with Crippen LogP contribution in [0.2, 0.25) is 0 Å². The van der Waals surface area contributed by atoms with E-state index in [9.17, 15) is 19.8 Å². The molecule has 3 rings (SSSR count). The molecule has 0 saturated carbocycles. The molecule has 0 radical (unpaired) electrons. The number of nitro groups is 1. The molecule has 6 nitrogen and oxygen atoms in total. The average Bonchev–Trinajstić information content (AvgIpc) is 2.55. The molecule has 3 aromatic rings. The number of nitriles is 1. The minimum atomic E-state index is -0.536. The van der Waals surface area contributed by atoms with Crippen LogP contribution in [0.4, 0.5) is 15.9 Å². The second-order valence-corrected chi connectivity index (χ2v) is 5.80. The SMILES string of the molecule is N#Cc1c(N)nc2ccc([N+](=O)[O-])cc2c1-c1ccc(F)c(Br)c1. The third-order valence-electron chi connectivity index (χ3n) is 3.53. The maximum absolute atomic E-state index is 13.5. The summed E-state index contributed by atoms with van der Waals surface area (Å²) in [5, 5.41) is 20.9. The first kappa shape index (κ1) is 15.8. The Labute approximate surface area is 143 Å². The Morgan fingerprint density at radius 1 is 1.29 bits per heavy atom. The van der Waals surface area contributed by atoms with Gasteiger partial charge < -0.3 is 5.73 Å². The molecule has 1 heterocycles. The maximum Gasteiger partial charge on any atom is 0.270 e. The van der Waals surface area contributed by atoms with Crippen molar-refractivity contribution in [1.82, 2.24) is 4.98 Å². The van der Waals surface area contributed by atoms with Gasteiger partial charge in [0.1, 0.15) is 23.3 Å². The van der Waals surface area contributed by atoms with E-state index >= 15 is 0 Å². The van der Waals surface area contributed by atoms with Gasteiger partial charge in [0.25, 0.3) is 5.69 Å². The zero-order valence-corrected chi connectivity index (χ0v) is 13.5. The molecule has 2 N–H and O–H groups in total. The highest BCUT2D eigenvalue weighted by Gasteiger charge is 2.18. The molecule has 24 heavy (non-hydrogen) atoms. The van der Waals surface area contributed by atoms with Crippen LogP contribution in [0.1, 0.15) is 5.56 Å². The van der Waals surface area contributed by atoms with Gasteiger partial charge in [0.2, 0.25) is 0 Å². The molecule has 1 aromatic heterocycles. The molecule has 0 saturated heterocycles. The number of anilines is 1. The number of nitrogens with two attached hydrogens (primary N) is 1. The van der Waals surface area contributed by atoms with Gasteiger partial charge in [0, 0.05) is 23.1 Å². The van der Waals surface area contributed by atoms with Gasteiger partial charge >= 0.3 is 0 Å². The number of nitrogen functional groups attached to an aromatic ring is 1. The molecule has 0 spiro atoms. The van der Waals surface area contributed by atoms with Crippen LogP contribution in [-0.2, 0) is 0 Å². The Morgan fingerprint density at radius 2 is 2.04 bits per heavy atom. The lowest BCUT2D eigenvalue weighted by molar-refractivity contribution is -0.384. The van der Waals surface area contributed by atoms with Crippen LogP contribution in [0.3, 0.4) is 0 Å². The van der Waals surface area contributed by atoms with Gasteiger partial charge in [-0.1, -0.05) is 6.07 Å². The van der Waals surface area contributed by atoms with E-state index in [4.69, 9.17) is 5.73 Å². The molecule has 0 unspecified atom stereocenters. The van der Waals surface area contributed by atoms with Gasteiger partial charge in [-0.25, -0.2) is 9.37 Å². The van der Waals surface area contributed by atoms with Crippen molar-refractivity contribution < 1.29 is 9.31 Å². The minimum absolute atomic E-state index is 0.00861. The van der Waals surface area contributed by atoms with Gasteiger partial charge in [-0.15, -0.1) is 0 Å².